The summed E-state index contributed by atoms with van der Waals surface area (Å²) in [4.78, 5) is 47.3. The van der Waals surface area contributed by atoms with Gasteiger partial charge < -0.3 is 29.2 Å². The van der Waals surface area contributed by atoms with E-state index in [2.05, 4.69) is 14.9 Å². The third-order valence-corrected chi connectivity index (χ3v) is 7.68. The van der Waals surface area contributed by atoms with Gasteiger partial charge in [-0.25, -0.2) is 4.98 Å². The van der Waals surface area contributed by atoms with E-state index in [0.29, 0.717) is 51.5 Å². The number of aryl methyl sites for hydroxylation is 1. The van der Waals surface area contributed by atoms with Gasteiger partial charge in [0, 0.05) is 56.3 Å². The summed E-state index contributed by atoms with van der Waals surface area (Å²) in [6.45, 7) is 3.68. The van der Waals surface area contributed by atoms with Crippen molar-refractivity contribution in [1.29, 1.82) is 0 Å². The maximum absolute atomic E-state index is 13.3. The van der Waals surface area contributed by atoms with Gasteiger partial charge in [0.15, 0.2) is 0 Å². The number of rotatable bonds is 4. The topological polar surface area (TPSA) is 106 Å². The normalized spacial score (nSPS) is 18.4. The average molecular weight is 574 g/mol. The van der Waals surface area contributed by atoms with Crippen LogP contribution in [0.15, 0.2) is 67.0 Å². The van der Waals surface area contributed by atoms with Crippen molar-refractivity contribution >= 4 is 17.7 Å². The van der Waals surface area contributed by atoms with Crippen LogP contribution in [0.3, 0.4) is 0 Å². The number of carbonyl (C=O) groups excluding carboxylic acids is 3. The lowest BCUT2D eigenvalue weighted by atomic mass is 10.2. The zero-order valence-electron chi connectivity index (χ0n) is 24.0. The van der Waals surface area contributed by atoms with E-state index in [1.54, 1.807) is 30.5 Å². The highest BCUT2D eigenvalue weighted by Gasteiger charge is 2.28. The van der Waals surface area contributed by atoms with Crippen LogP contribution in [0.4, 0.5) is 0 Å². The third-order valence-electron chi connectivity index (χ3n) is 7.68. The first-order valence-corrected chi connectivity index (χ1v) is 14.8. The molecule has 1 N–H and O–H groups in total. The molecule has 0 unspecified atom stereocenters. The van der Waals surface area contributed by atoms with Crippen molar-refractivity contribution in [3.05, 3.63) is 72.6 Å². The number of carbonyl (C=O) groups is 3. The number of amides is 3. The first-order valence-electron chi connectivity index (χ1n) is 14.8. The zero-order valence-corrected chi connectivity index (χ0v) is 24.0. The van der Waals surface area contributed by atoms with Gasteiger partial charge in [0.2, 0.25) is 5.91 Å². The Morgan fingerprint density at radius 2 is 1.67 bits per heavy atom. The number of aromatic nitrogens is 2. The van der Waals surface area contributed by atoms with E-state index in [0.717, 1.165) is 49.2 Å². The predicted octanol–water partition coefficient (Wildman–Crippen LogP) is 3.38. The Balaban J connectivity index is 1.29. The number of nitrogens with zero attached hydrogens (tertiary/aromatic N) is 4. The summed E-state index contributed by atoms with van der Waals surface area (Å²) in [5.41, 5.74) is 1.46. The van der Waals surface area contributed by atoms with E-state index < -0.39 is 6.10 Å². The zero-order chi connectivity index (χ0) is 29.1. The van der Waals surface area contributed by atoms with Gasteiger partial charge in [-0.2, -0.15) is 0 Å². The molecule has 2 aromatic carbocycles. The van der Waals surface area contributed by atoms with Crippen molar-refractivity contribution in [2.24, 2.45) is 0 Å². The second kappa shape index (κ2) is 14.6. The largest absolute Gasteiger partial charge is 0.492 e. The molecule has 10 nitrogen and oxygen atoms in total. The maximum Gasteiger partial charge on any atom is 0.251 e. The van der Waals surface area contributed by atoms with Crippen LogP contribution in [0.5, 0.6) is 5.75 Å². The van der Waals surface area contributed by atoms with Crippen LogP contribution in [0.25, 0.3) is 11.4 Å². The number of hydrogen-bond acceptors (Lipinski definition) is 6. The molecule has 10 heteroatoms. The van der Waals surface area contributed by atoms with Gasteiger partial charge in [0.1, 0.15) is 24.3 Å². The summed E-state index contributed by atoms with van der Waals surface area (Å²) in [5.74, 6) is 1.15. The van der Waals surface area contributed by atoms with E-state index in [1.165, 1.54) is 0 Å². The molecule has 2 aliphatic heterocycles. The molecule has 1 atom stereocenters. The van der Waals surface area contributed by atoms with Crippen molar-refractivity contribution < 1.29 is 23.9 Å². The van der Waals surface area contributed by atoms with Gasteiger partial charge in [-0.1, -0.05) is 30.3 Å². The molecule has 1 aromatic heterocycles. The number of benzene rings is 2. The Kier molecular flexibility index (Phi) is 10.2. The maximum atomic E-state index is 13.3. The van der Waals surface area contributed by atoms with Crippen LogP contribution in [0, 0.1) is 0 Å². The van der Waals surface area contributed by atoms with Gasteiger partial charge in [-0.05, 0) is 56.4 Å². The van der Waals surface area contributed by atoms with E-state index in [1.807, 2.05) is 46.3 Å². The second-order valence-electron chi connectivity index (χ2n) is 10.6. The molecule has 0 radical (unpaired) electrons. The summed E-state index contributed by atoms with van der Waals surface area (Å²) >= 11 is 0. The number of nitrogens with one attached hydrogen (secondary N) is 1. The Hall–Kier alpha value is -4.18. The Morgan fingerprint density at radius 1 is 0.857 bits per heavy atom. The van der Waals surface area contributed by atoms with Crippen molar-refractivity contribution in [3.8, 4) is 17.1 Å². The number of hydrogen-bond donors (Lipinski definition) is 1. The number of imidazole rings is 1. The molecule has 5 rings (SSSR count). The van der Waals surface area contributed by atoms with Crippen molar-refractivity contribution in [1.82, 2.24) is 24.7 Å². The lowest BCUT2D eigenvalue weighted by molar-refractivity contribution is -0.141. The minimum atomic E-state index is -0.396. The molecule has 0 spiro atoms. The smallest absolute Gasteiger partial charge is 0.251 e. The fourth-order valence-electron chi connectivity index (χ4n) is 5.41. The molecule has 3 heterocycles. The summed E-state index contributed by atoms with van der Waals surface area (Å²) in [5, 5.41) is 2.77. The van der Waals surface area contributed by atoms with Crippen LogP contribution in [0.2, 0.25) is 0 Å². The molecule has 42 heavy (non-hydrogen) atoms. The van der Waals surface area contributed by atoms with Crippen LogP contribution >= 0.6 is 0 Å². The van der Waals surface area contributed by atoms with Gasteiger partial charge in [0.05, 0.1) is 13.1 Å². The number of fused-ring (bicyclic) bond motifs is 4. The van der Waals surface area contributed by atoms with Crippen LogP contribution < -0.4 is 10.1 Å². The Morgan fingerprint density at radius 3 is 2.48 bits per heavy atom. The molecule has 0 aliphatic carbocycles. The molecule has 0 saturated carbocycles. The van der Waals surface area contributed by atoms with Crippen molar-refractivity contribution in [3.63, 3.8) is 0 Å². The molecule has 222 valence electrons. The average Bonchev–Trinajstić information content (AvgIpc) is 3.73. The number of ether oxygens (including phenoxy) is 2. The molecule has 1 saturated heterocycles. The standard InChI is InChI=1S/C32H39N5O5/c38-29(24-34-31(39)25-9-2-1-3-10-25)35-15-4-5-16-37(32(40)28-13-7-21-42-28)20-22-41-27-12-6-11-26(23-27)30-33-14-19-36(30)18-8-17-35/h1-3,6,9-12,14,19,23,28H,4-5,7-8,13,15-18,20-22,24H2,(H,34,39)/t28-/m1/s1. The van der Waals surface area contributed by atoms with E-state index in [4.69, 9.17) is 9.47 Å². The predicted molar refractivity (Wildman–Crippen MR) is 158 cm³/mol. The fourth-order valence-corrected chi connectivity index (χ4v) is 5.41. The molecule has 1 fully saturated rings. The fraction of sp³-hybridized carbons (Fsp3) is 0.438. The Labute approximate surface area is 246 Å². The quantitative estimate of drug-likeness (QED) is 0.513. The molecular formula is C32H39N5O5. The lowest BCUT2D eigenvalue weighted by Crippen LogP contribution is -2.43. The highest BCUT2D eigenvalue weighted by Crippen LogP contribution is 2.23. The summed E-state index contributed by atoms with van der Waals surface area (Å²) < 4.78 is 13.8. The summed E-state index contributed by atoms with van der Waals surface area (Å²) in [6.07, 6.45) is 7.14. The third kappa shape index (κ3) is 7.76. The molecule has 2 aliphatic rings. The SMILES string of the molecule is O=C(NCC(=O)N1CCCCN(C(=O)[C@H]2CCCO2)CCOc2cccc(c2)-c2nccn2CCC1)c1ccccc1. The van der Waals surface area contributed by atoms with Crippen LogP contribution in [-0.4, -0.2) is 89.1 Å². The van der Waals surface area contributed by atoms with E-state index >= 15 is 0 Å². The first-order chi connectivity index (χ1) is 20.6. The molecular weight excluding hydrogens is 534 g/mol. The van der Waals surface area contributed by atoms with Crippen LogP contribution in [-0.2, 0) is 20.9 Å². The van der Waals surface area contributed by atoms with E-state index in [9.17, 15) is 14.4 Å². The molecule has 3 amide bonds. The van der Waals surface area contributed by atoms with E-state index in [-0.39, 0.29) is 24.3 Å². The van der Waals surface area contributed by atoms with Gasteiger partial charge in [-0.3, -0.25) is 14.4 Å². The highest BCUT2D eigenvalue weighted by atomic mass is 16.5. The van der Waals surface area contributed by atoms with Crippen molar-refractivity contribution in [2.45, 2.75) is 44.8 Å². The van der Waals surface area contributed by atoms with Gasteiger partial charge >= 0.3 is 0 Å². The monoisotopic (exact) mass is 573 g/mol. The van der Waals surface area contributed by atoms with Crippen molar-refractivity contribution in [2.75, 3.05) is 45.9 Å². The highest BCUT2D eigenvalue weighted by molar-refractivity contribution is 5.96. The Bertz CT molecular complexity index is 1340. The van der Waals surface area contributed by atoms with Gasteiger partial charge in [-0.15, -0.1) is 0 Å². The minimum absolute atomic E-state index is 0.00125. The van der Waals surface area contributed by atoms with Crippen LogP contribution in [0.1, 0.15) is 42.5 Å². The molecule has 2 bridgehead atoms. The van der Waals surface area contributed by atoms with Gasteiger partial charge in [0.25, 0.3) is 11.8 Å². The lowest BCUT2D eigenvalue weighted by Gasteiger charge is -2.27. The molecule has 3 aromatic rings. The first kappa shape index (κ1) is 29.3. The minimum Gasteiger partial charge on any atom is -0.492 e. The summed E-state index contributed by atoms with van der Waals surface area (Å²) in [7, 11) is 0. The second-order valence-corrected chi connectivity index (χ2v) is 10.6. The summed E-state index contributed by atoms with van der Waals surface area (Å²) in [6, 6.07) is 16.7.